The summed E-state index contributed by atoms with van der Waals surface area (Å²) in [5.74, 6) is 0.168. The van der Waals surface area contributed by atoms with Crippen LogP contribution < -0.4 is 20.6 Å². The topological polar surface area (TPSA) is 115 Å². The Morgan fingerprint density at radius 1 is 1.12 bits per heavy atom. The Labute approximate surface area is 191 Å². The number of methoxy groups -OCH3 is 1. The molecule has 0 fully saturated rings. The van der Waals surface area contributed by atoms with E-state index in [0.717, 1.165) is 11.1 Å². The summed E-state index contributed by atoms with van der Waals surface area (Å²) in [6.45, 7) is 1.98. The normalized spacial score (nSPS) is 12.1. The van der Waals surface area contributed by atoms with E-state index in [2.05, 4.69) is 5.32 Å². The molecule has 0 aliphatic heterocycles. The molecule has 3 N–H and O–H groups in total. The molecule has 2 aromatic carbocycles. The molecular weight excluding hydrogens is 426 g/mol. The number of carbonyl (C=O) groups is 1. The first-order valence-corrected chi connectivity index (χ1v) is 10.6. The number of hydrogen-bond acceptors (Lipinski definition) is 8. The lowest BCUT2D eigenvalue weighted by Crippen LogP contribution is -2.44. The third kappa shape index (κ3) is 5.51. The molecule has 0 aliphatic rings. The lowest BCUT2D eigenvalue weighted by molar-refractivity contribution is -0.121. The van der Waals surface area contributed by atoms with Crippen molar-refractivity contribution in [2.45, 2.75) is 13.0 Å². The van der Waals surface area contributed by atoms with Gasteiger partial charge in [0, 0.05) is 37.3 Å². The van der Waals surface area contributed by atoms with Crippen LogP contribution in [0.15, 0.2) is 57.7 Å². The van der Waals surface area contributed by atoms with Gasteiger partial charge in [-0.15, -0.1) is 0 Å². The molecule has 1 atom stereocenters. The Bertz CT molecular complexity index is 1160. The first kappa shape index (κ1) is 24.2. The van der Waals surface area contributed by atoms with Gasteiger partial charge in [0.15, 0.2) is 0 Å². The molecule has 0 bridgehead atoms. The average molecular weight is 456 g/mol. The molecular formula is C24H29N3O6. The predicted octanol–water partition coefficient (Wildman–Crippen LogP) is 2.18. The minimum absolute atomic E-state index is 0.125. The number of anilines is 3. The van der Waals surface area contributed by atoms with Crippen molar-refractivity contribution in [3.05, 3.63) is 59.0 Å². The molecule has 1 aromatic heterocycles. The third-order valence-corrected chi connectivity index (χ3v) is 5.52. The van der Waals surface area contributed by atoms with Gasteiger partial charge in [-0.05, 0) is 37.3 Å². The van der Waals surface area contributed by atoms with Gasteiger partial charge in [-0.1, -0.05) is 12.1 Å². The SMILES string of the molecule is COc1ccc(N(C)c2cc(=O)oc3ccccc23)cc1NC(=O)[C@H](C)N(CCO)CCO. The lowest BCUT2D eigenvalue weighted by Gasteiger charge is -2.27. The molecule has 1 amide bonds. The van der Waals surface area contributed by atoms with Crippen molar-refractivity contribution < 1.29 is 24.2 Å². The Hall–Kier alpha value is -3.40. The standard InChI is InChI=1S/C24H29N3O6/c1-16(27(10-12-28)11-13-29)24(31)25-19-14-17(8-9-22(19)32-3)26(2)20-15-23(30)33-21-7-5-4-6-18(20)21/h4-9,14-16,28-29H,10-13H2,1-3H3,(H,25,31)/t16-/m0/s1. The summed E-state index contributed by atoms with van der Waals surface area (Å²) >= 11 is 0. The van der Waals surface area contributed by atoms with Gasteiger partial charge < -0.3 is 29.6 Å². The fourth-order valence-corrected chi connectivity index (χ4v) is 3.67. The van der Waals surface area contributed by atoms with E-state index in [4.69, 9.17) is 9.15 Å². The van der Waals surface area contributed by atoms with E-state index < -0.39 is 11.7 Å². The molecule has 33 heavy (non-hydrogen) atoms. The van der Waals surface area contributed by atoms with Crippen LogP contribution in [-0.2, 0) is 4.79 Å². The number of fused-ring (bicyclic) bond motifs is 1. The minimum Gasteiger partial charge on any atom is -0.495 e. The van der Waals surface area contributed by atoms with Gasteiger partial charge in [0.05, 0.1) is 37.7 Å². The number of nitrogens with zero attached hydrogens (tertiary/aromatic N) is 2. The first-order chi connectivity index (χ1) is 15.9. The Balaban J connectivity index is 1.93. The molecule has 1 heterocycles. The van der Waals surface area contributed by atoms with Crippen LogP contribution in [-0.4, -0.2) is 67.5 Å². The molecule has 0 saturated heterocycles. The molecule has 9 heteroatoms. The molecule has 176 valence electrons. The number of aliphatic hydroxyl groups is 2. The molecule has 3 rings (SSSR count). The molecule has 0 saturated carbocycles. The van der Waals surface area contributed by atoms with Crippen molar-refractivity contribution in [2.75, 3.05) is 50.7 Å². The van der Waals surface area contributed by atoms with Gasteiger partial charge >= 0.3 is 5.63 Å². The molecule has 0 unspecified atom stereocenters. The van der Waals surface area contributed by atoms with Crippen LogP contribution in [0.25, 0.3) is 11.0 Å². The summed E-state index contributed by atoms with van der Waals surface area (Å²) in [6, 6.07) is 13.4. The number of amides is 1. The van der Waals surface area contributed by atoms with Crippen molar-refractivity contribution in [3.63, 3.8) is 0 Å². The minimum atomic E-state index is -0.585. The van der Waals surface area contributed by atoms with Gasteiger partial charge in [-0.2, -0.15) is 0 Å². The van der Waals surface area contributed by atoms with E-state index in [-0.39, 0.29) is 32.2 Å². The van der Waals surface area contributed by atoms with E-state index in [0.29, 0.717) is 22.7 Å². The number of para-hydroxylation sites is 1. The second-order valence-corrected chi connectivity index (χ2v) is 7.54. The average Bonchev–Trinajstić information content (AvgIpc) is 2.82. The van der Waals surface area contributed by atoms with Gasteiger partial charge in [0.2, 0.25) is 5.91 Å². The van der Waals surface area contributed by atoms with Crippen molar-refractivity contribution in [1.29, 1.82) is 0 Å². The summed E-state index contributed by atoms with van der Waals surface area (Å²) in [5.41, 5.74) is 1.86. The summed E-state index contributed by atoms with van der Waals surface area (Å²) in [6.07, 6.45) is 0. The smallest absolute Gasteiger partial charge is 0.338 e. The van der Waals surface area contributed by atoms with Crippen LogP contribution in [0.2, 0.25) is 0 Å². The molecule has 3 aromatic rings. The van der Waals surface area contributed by atoms with E-state index in [9.17, 15) is 19.8 Å². The van der Waals surface area contributed by atoms with Crippen molar-refractivity contribution in [1.82, 2.24) is 4.90 Å². The van der Waals surface area contributed by atoms with Crippen LogP contribution in [0.1, 0.15) is 6.92 Å². The number of benzene rings is 2. The van der Waals surface area contributed by atoms with E-state index >= 15 is 0 Å². The maximum absolute atomic E-state index is 12.9. The zero-order chi connectivity index (χ0) is 24.0. The Morgan fingerprint density at radius 2 is 1.82 bits per heavy atom. The Kier molecular flexibility index (Phi) is 8.05. The van der Waals surface area contributed by atoms with Gasteiger partial charge in [0.1, 0.15) is 11.3 Å². The highest BCUT2D eigenvalue weighted by molar-refractivity contribution is 5.97. The number of ether oxygens (including phenoxy) is 1. The fraction of sp³-hybridized carbons (Fsp3) is 0.333. The lowest BCUT2D eigenvalue weighted by atomic mass is 10.1. The molecule has 0 spiro atoms. The monoisotopic (exact) mass is 455 g/mol. The summed E-state index contributed by atoms with van der Waals surface area (Å²) in [4.78, 5) is 28.5. The largest absolute Gasteiger partial charge is 0.495 e. The summed E-state index contributed by atoms with van der Waals surface area (Å²) < 4.78 is 10.7. The number of hydrogen-bond donors (Lipinski definition) is 3. The Morgan fingerprint density at radius 3 is 2.48 bits per heavy atom. The van der Waals surface area contributed by atoms with E-state index in [1.807, 2.05) is 30.1 Å². The fourth-order valence-electron chi connectivity index (χ4n) is 3.67. The first-order valence-electron chi connectivity index (χ1n) is 10.6. The van der Waals surface area contributed by atoms with E-state index in [1.54, 1.807) is 36.1 Å². The quantitative estimate of drug-likeness (QED) is 0.399. The third-order valence-electron chi connectivity index (χ3n) is 5.52. The maximum atomic E-state index is 12.9. The molecule has 0 aliphatic carbocycles. The van der Waals surface area contributed by atoms with Gasteiger partial charge in [-0.3, -0.25) is 9.69 Å². The maximum Gasteiger partial charge on any atom is 0.338 e. The number of aliphatic hydroxyl groups excluding tert-OH is 2. The van der Waals surface area contributed by atoms with E-state index in [1.165, 1.54) is 13.2 Å². The number of rotatable bonds is 10. The summed E-state index contributed by atoms with van der Waals surface area (Å²) in [7, 11) is 3.33. The summed E-state index contributed by atoms with van der Waals surface area (Å²) in [5, 5.41) is 22.2. The van der Waals surface area contributed by atoms with Crippen LogP contribution in [0.4, 0.5) is 17.1 Å². The highest BCUT2D eigenvalue weighted by Gasteiger charge is 2.22. The van der Waals surface area contributed by atoms with Crippen molar-refractivity contribution >= 4 is 33.9 Å². The van der Waals surface area contributed by atoms with Crippen LogP contribution in [0.3, 0.4) is 0 Å². The highest BCUT2D eigenvalue weighted by atomic mass is 16.5. The van der Waals surface area contributed by atoms with Gasteiger partial charge in [0.25, 0.3) is 0 Å². The molecule has 9 nitrogen and oxygen atoms in total. The van der Waals surface area contributed by atoms with Crippen LogP contribution >= 0.6 is 0 Å². The highest BCUT2D eigenvalue weighted by Crippen LogP contribution is 2.34. The zero-order valence-corrected chi connectivity index (χ0v) is 18.9. The number of carbonyl (C=O) groups excluding carboxylic acids is 1. The second kappa shape index (κ2) is 11.0. The van der Waals surface area contributed by atoms with Crippen LogP contribution in [0, 0.1) is 0 Å². The van der Waals surface area contributed by atoms with Crippen molar-refractivity contribution in [3.8, 4) is 5.75 Å². The second-order valence-electron chi connectivity index (χ2n) is 7.54. The van der Waals surface area contributed by atoms with Gasteiger partial charge in [-0.25, -0.2) is 4.79 Å². The molecule has 0 radical (unpaired) electrons. The van der Waals surface area contributed by atoms with Crippen LogP contribution in [0.5, 0.6) is 5.75 Å². The predicted molar refractivity (Wildman–Crippen MR) is 127 cm³/mol. The number of nitrogens with one attached hydrogen (secondary N) is 1. The van der Waals surface area contributed by atoms with Crippen molar-refractivity contribution in [2.24, 2.45) is 0 Å². The zero-order valence-electron chi connectivity index (χ0n) is 18.9.